The first-order valence-electron chi connectivity index (χ1n) is 7.72. The Kier molecular flexibility index (Phi) is 6.03. The Labute approximate surface area is 141 Å². The molecule has 6 nitrogen and oxygen atoms in total. The van der Waals surface area contributed by atoms with Gasteiger partial charge in [0.25, 0.3) is 0 Å². The van der Waals surface area contributed by atoms with E-state index >= 15 is 0 Å². The zero-order valence-electron chi connectivity index (χ0n) is 13.7. The number of hydrogen-bond donors (Lipinski definition) is 4. The number of ether oxygens (including phenoxy) is 1. The van der Waals surface area contributed by atoms with Crippen LogP contribution in [0, 0.1) is 0 Å². The molecule has 0 heterocycles. The summed E-state index contributed by atoms with van der Waals surface area (Å²) < 4.78 is 5.17. The van der Waals surface area contributed by atoms with Crippen molar-refractivity contribution < 1.29 is 19.7 Å². The van der Waals surface area contributed by atoms with Gasteiger partial charge in [-0.25, -0.2) is 4.79 Å². The van der Waals surface area contributed by atoms with Gasteiger partial charge in [-0.2, -0.15) is 0 Å². The van der Waals surface area contributed by atoms with Crippen molar-refractivity contribution in [3.05, 3.63) is 53.6 Å². The molecule has 6 heteroatoms. The van der Waals surface area contributed by atoms with E-state index in [4.69, 9.17) is 4.74 Å². The van der Waals surface area contributed by atoms with Gasteiger partial charge in [0.15, 0.2) is 0 Å². The molecule has 128 valence electrons. The summed E-state index contributed by atoms with van der Waals surface area (Å²) in [6.07, 6.45) is -0.0808. The van der Waals surface area contributed by atoms with Gasteiger partial charge in [-0.05, 0) is 35.7 Å². The Bertz CT molecular complexity index is 686. The third kappa shape index (κ3) is 4.63. The van der Waals surface area contributed by atoms with Gasteiger partial charge in [0.05, 0.1) is 13.2 Å². The molecule has 0 aromatic heterocycles. The molecule has 1 atom stereocenters. The summed E-state index contributed by atoms with van der Waals surface area (Å²) in [6.45, 7) is 2.06. The largest absolute Gasteiger partial charge is 0.508 e. The smallest absolute Gasteiger partial charge is 0.319 e. The van der Waals surface area contributed by atoms with Crippen LogP contribution in [0.3, 0.4) is 0 Å². The highest BCUT2D eigenvalue weighted by Gasteiger charge is 2.11. The van der Waals surface area contributed by atoms with Crippen molar-refractivity contribution in [1.29, 1.82) is 0 Å². The molecule has 0 bridgehead atoms. The van der Waals surface area contributed by atoms with Gasteiger partial charge < -0.3 is 25.6 Å². The van der Waals surface area contributed by atoms with Crippen LogP contribution in [0.4, 0.5) is 10.5 Å². The molecule has 0 aliphatic carbocycles. The molecule has 4 N–H and O–H groups in total. The van der Waals surface area contributed by atoms with Crippen molar-refractivity contribution in [2.45, 2.75) is 19.4 Å². The Hall–Kier alpha value is -2.73. The molecule has 2 aromatic rings. The number of aryl methyl sites for hydroxylation is 1. The van der Waals surface area contributed by atoms with E-state index in [1.807, 2.05) is 19.1 Å². The molecule has 24 heavy (non-hydrogen) atoms. The zero-order chi connectivity index (χ0) is 17.5. The topological polar surface area (TPSA) is 90.8 Å². The number of anilines is 1. The van der Waals surface area contributed by atoms with Crippen LogP contribution in [0.15, 0.2) is 42.5 Å². The van der Waals surface area contributed by atoms with Crippen LogP contribution in [0.5, 0.6) is 11.5 Å². The van der Waals surface area contributed by atoms with Crippen LogP contribution < -0.4 is 15.4 Å². The lowest BCUT2D eigenvalue weighted by atomic mass is 10.1. The third-order valence-corrected chi connectivity index (χ3v) is 3.68. The minimum Gasteiger partial charge on any atom is -0.508 e. The van der Waals surface area contributed by atoms with Crippen LogP contribution in [0.2, 0.25) is 0 Å². The number of rotatable bonds is 6. The van der Waals surface area contributed by atoms with Gasteiger partial charge in [-0.3, -0.25) is 0 Å². The number of methoxy groups -OCH3 is 1. The fourth-order valence-electron chi connectivity index (χ4n) is 2.28. The number of aliphatic hydroxyl groups is 1. The second-order valence-corrected chi connectivity index (χ2v) is 5.32. The quantitative estimate of drug-likeness (QED) is 0.655. The number of urea groups is 1. The SMILES string of the molecule is CCc1ccc(OC)cc1NC(=O)NCC(O)c1ccc(O)cc1. The van der Waals surface area contributed by atoms with Gasteiger partial charge in [0.1, 0.15) is 11.5 Å². The zero-order valence-corrected chi connectivity index (χ0v) is 13.7. The molecule has 0 saturated carbocycles. The monoisotopic (exact) mass is 330 g/mol. The molecular weight excluding hydrogens is 308 g/mol. The Morgan fingerprint density at radius 3 is 2.54 bits per heavy atom. The number of phenols is 1. The number of carbonyl (C=O) groups is 1. The predicted octanol–water partition coefficient (Wildman–Crippen LogP) is 2.82. The summed E-state index contributed by atoms with van der Waals surface area (Å²) >= 11 is 0. The lowest BCUT2D eigenvalue weighted by Crippen LogP contribution is -2.32. The average molecular weight is 330 g/mol. The predicted molar refractivity (Wildman–Crippen MR) is 92.5 cm³/mol. The van der Waals surface area contributed by atoms with Crippen LogP contribution in [0.25, 0.3) is 0 Å². The summed E-state index contributed by atoms with van der Waals surface area (Å²) in [4.78, 5) is 12.1. The molecule has 2 rings (SSSR count). The lowest BCUT2D eigenvalue weighted by molar-refractivity contribution is 0.175. The minimum absolute atomic E-state index is 0.0576. The first-order chi connectivity index (χ1) is 11.5. The van der Waals surface area contributed by atoms with E-state index in [1.165, 1.54) is 12.1 Å². The van der Waals surface area contributed by atoms with E-state index in [1.54, 1.807) is 25.3 Å². The van der Waals surface area contributed by atoms with Crippen LogP contribution in [-0.2, 0) is 6.42 Å². The van der Waals surface area contributed by atoms with E-state index in [0.717, 1.165) is 12.0 Å². The number of aliphatic hydroxyl groups excluding tert-OH is 1. The Balaban J connectivity index is 1.94. The highest BCUT2D eigenvalue weighted by atomic mass is 16.5. The van der Waals surface area contributed by atoms with Gasteiger partial charge in [-0.15, -0.1) is 0 Å². The highest BCUT2D eigenvalue weighted by molar-refractivity contribution is 5.90. The molecular formula is C18H22N2O4. The molecule has 0 radical (unpaired) electrons. The second-order valence-electron chi connectivity index (χ2n) is 5.32. The second kappa shape index (κ2) is 8.21. The minimum atomic E-state index is -0.854. The van der Waals surface area contributed by atoms with E-state index in [-0.39, 0.29) is 12.3 Å². The fourth-order valence-corrected chi connectivity index (χ4v) is 2.28. The standard InChI is InChI=1S/C18H22N2O4/c1-3-12-6-9-15(24-2)10-16(12)20-18(23)19-11-17(22)13-4-7-14(21)8-5-13/h4-10,17,21-22H,3,11H2,1-2H3,(H2,19,20,23). The number of hydrogen-bond acceptors (Lipinski definition) is 4. The first kappa shape index (κ1) is 17.6. The number of benzene rings is 2. The molecule has 2 amide bonds. The molecule has 0 aliphatic rings. The summed E-state index contributed by atoms with van der Waals surface area (Å²) in [5, 5.41) is 24.7. The molecule has 0 spiro atoms. The number of nitrogens with one attached hydrogen (secondary N) is 2. The number of phenolic OH excluding ortho intramolecular Hbond substituents is 1. The van der Waals surface area contributed by atoms with Crippen molar-refractivity contribution in [3.8, 4) is 11.5 Å². The van der Waals surface area contributed by atoms with Crippen LogP contribution >= 0.6 is 0 Å². The van der Waals surface area contributed by atoms with Crippen molar-refractivity contribution >= 4 is 11.7 Å². The van der Waals surface area contributed by atoms with Crippen LogP contribution in [0.1, 0.15) is 24.2 Å². The van der Waals surface area contributed by atoms with E-state index in [9.17, 15) is 15.0 Å². The van der Waals surface area contributed by atoms with Crippen molar-refractivity contribution in [3.63, 3.8) is 0 Å². The maximum absolute atomic E-state index is 12.1. The normalized spacial score (nSPS) is 11.6. The molecule has 0 fully saturated rings. The van der Waals surface area contributed by atoms with Crippen LogP contribution in [-0.4, -0.2) is 29.9 Å². The maximum atomic E-state index is 12.1. The fraction of sp³-hybridized carbons (Fsp3) is 0.278. The highest BCUT2D eigenvalue weighted by Crippen LogP contribution is 2.23. The molecule has 2 aromatic carbocycles. The van der Waals surface area contributed by atoms with E-state index in [2.05, 4.69) is 10.6 Å². The van der Waals surface area contributed by atoms with Gasteiger partial charge in [0.2, 0.25) is 0 Å². The van der Waals surface area contributed by atoms with Crippen molar-refractivity contribution in [2.24, 2.45) is 0 Å². The van der Waals surface area contributed by atoms with E-state index < -0.39 is 12.1 Å². The van der Waals surface area contributed by atoms with Gasteiger partial charge >= 0.3 is 6.03 Å². The van der Waals surface area contributed by atoms with Crippen molar-refractivity contribution in [2.75, 3.05) is 19.0 Å². The van der Waals surface area contributed by atoms with Gasteiger partial charge in [-0.1, -0.05) is 25.1 Å². The number of carbonyl (C=O) groups excluding carboxylic acids is 1. The molecule has 1 unspecified atom stereocenters. The number of aromatic hydroxyl groups is 1. The summed E-state index contributed by atoms with van der Waals surface area (Å²) in [5.41, 5.74) is 2.28. The summed E-state index contributed by atoms with van der Waals surface area (Å²) in [7, 11) is 1.57. The maximum Gasteiger partial charge on any atom is 0.319 e. The average Bonchev–Trinajstić information content (AvgIpc) is 2.60. The summed E-state index contributed by atoms with van der Waals surface area (Å²) in [5.74, 6) is 0.786. The molecule has 0 saturated heterocycles. The lowest BCUT2D eigenvalue weighted by Gasteiger charge is -2.15. The number of amides is 2. The first-order valence-corrected chi connectivity index (χ1v) is 7.72. The molecule has 0 aliphatic heterocycles. The Morgan fingerprint density at radius 2 is 1.92 bits per heavy atom. The van der Waals surface area contributed by atoms with Gasteiger partial charge in [0, 0.05) is 18.3 Å². The third-order valence-electron chi connectivity index (χ3n) is 3.68. The summed E-state index contributed by atoms with van der Waals surface area (Å²) in [6, 6.07) is 11.3. The van der Waals surface area contributed by atoms with E-state index in [0.29, 0.717) is 17.0 Å². The van der Waals surface area contributed by atoms with Crippen molar-refractivity contribution in [1.82, 2.24) is 5.32 Å². The Morgan fingerprint density at radius 1 is 1.21 bits per heavy atom.